The molecule has 0 aliphatic heterocycles. The molecule has 0 aromatic heterocycles. The van der Waals surface area contributed by atoms with Gasteiger partial charge in [0.15, 0.2) is 11.5 Å². The highest BCUT2D eigenvalue weighted by Crippen LogP contribution is 2.38. The van der Waals surface area contributed by atoms with Gasteiger partial charge in [-0.25, -0.2) is 0 Å². The molecule has 0 amide bonds. The predicted octanol–water partition coefficient (Wildman–Crippen LogP) is 1.77. The highest BCUT2D eigenvalue weighted by Gasteiger charge is 2.08. The third-order valence-corrected chi connectivity index (χ3v) is 1.97. The monoisotopic (exact) mass is 206 g/mol. The van der Waals surface area contributed by atoms with E-state index in [1.165, 1.54) is 0 Å². The minimum Gasteiger partial charge on any atom is -0.507 e. The summed E-state index contributed by atoms with van der Waals surface area (Å²) in [6.45, 7) is 2.00. The average Bonchev–Trinajstić information content (AvgIpc) is 2.29. The van der Waals surface area contributed by atoms with Gasteiger partial charge in [0.2, 0.25) is 0 Å². The number of rotatable bonds is 0. The smallest absolute Gasteiger partial charge is 0.165 e. The number of carbonyl (C=O) groups is 1. The van der Waals surface area contributed by atoms with Crippen LogP contribution in [0.1, 0.15) is 0 Å². The van der Waals surface area contributed by atoms with E-state index in [9.17, 15) is 15.3 Å². The van der Waals surface area contributed by atoms with Gasteiger partial charge in [-0.05, 0) is 0 Å². The molecule has 0 heterocycles. The standard InChI is InChI=1S/C10H8O3.CH2O/c11-8-5-9(12)10(13)7-4-2-1-3-6(7)8;1-2/h1-5,11-13H;1H2. The third-order valence-electron chi connectivity index (χ3n) is 1.97. The van der Waals surface area contributed by atoms with E-state index in [-0.39, 0.29) is 17.2 Å². The van der Waals surface area contributed by atoms with Crippen LogP contribution in [0.3, 0.4) is 0 Å². The third kappa shape index (κ3) is 1.83. The van der Waals surface area contributed by atoms with Gasteiger partial charge in [0, 0.05) is 16.8 Å². The molecule has 0 fully saturated rings. The number of benzene rings is 2. The van der Waals surface area contributed by atoms with Crippen LogP contribution >= 0.6 is 0 Å². The van der Waals surface area contributed by atoms with Gasteiger partial charge in [-0.1, -0.05) is 24.3 Å². The molecule has 0 aliphatic rings. The van der Waals surface area contributed by atoms with Gasteiger partial charge in [-0.3, -0.25) is 0 Å². The lowest BCUT2D eigenvalue weighted by Gasteiger charge is -2.04. The van der Waals surface area contributed by atoms with Crippen molar-refractivity contribution >= 4 is 17.6 Å². The summed E-state index contributed by atoms with van der Waals surface area (Å²) < 4.78 is 0. The Balaban J connectivity index is 0.000000531. The molecule has 2 aromatic rings. The number of hydrogen-bond donors (Lipinski definition) is 3. The van der Waals surface area contributed by atoms with Gasteiger partial charge < -0.3 is 20.1 Å². The van der Waals surface area contributed by atoms with Crippen molar-refractivity contribution in [2.24, 2.45) is 0 Å². The fraction of sp³-hybridized carbons (Fsp3) is 0. The van der Waals surface area contributed by atoms with Crippen LogP contribution in [0.15, 0.2) is 30.3 Å². The highest BCUT2D eigenvalue weighted by atomic mass is 16.3. The maximum absolute atomic E-state index is 9.42. The molecule has 78 valence electrons. The van der Waals surface area contributed by atoms with E-state index < -0.39 is 0 Å². The van der Waals surface area contributed by atoms with Crippen LogP contribution in [0.25, 0.3) is 10.8 Å². The second-order valence-electron chi connectivity index (χ2n) is 2.81. The van der Waals surface area contributed by atoms with Crippen molar-refractivity contribution in [2.75, 3.05) is 0 Å². The van der Waals surface area contributed by atoms with E-state index in [1.54, 1.807) is 24.3 Å². The first-order valence-corrected chi connectivity index (χ1v) is 4.11. The topological polar surface area (TPSA) is 77.8 Å². The minimum atomic E-state index is -0.309. The second-order valence-corrected chi connectivity index (χ2v) is 2.81. The fourth-order valence-corrected chi connectivity index (χ4v) is 1.33. The van der Waals surface area contributed by atoms with Crippen molar-refractivity contribution in [3.63, 3.8) is 0 Å². The van der Waals surface area contributed by atoms with Crippen LogP contribution in [0.2, 0.25) is 0 Å². The van der Waals surface area contributed by atoms with E-state index in [0.717, 1.165) is 6.07 Å². The molecule has 0 saturated heterocycles. The lowest BCUT2D eigenvalue weighted by atomic mass is 10.1. The Hall–Kier alpha value is -2.23. The molecule has 3 N–H and O–H groups in total. The predicted molar refractivity (Wildman–Crippen MR) is 56.1 cm³/mol. The van der Waals surface area contributed by atoms with Crippen molar-refractivity contribution in [1.82, 2.24) is 0 Å². The SMILES string of the molecule is C=O.Oc1cc(O)c2ccccc2c1O. The molecule has 0 saturated carbocycles. The van der Waals surface area contributed by atoms with E-state index in [0.29, 0.717) is 10.8 Å². The minimum absolute atomic E-state index is 0.0362. The van der Waals surface area contributed by atoms with Crippen LogP contribution in [0, 0.1) is 0 Å². The molecule has 4 heteroatoms. The summed E-state index contributed by atoms with van der Waals surface area (Å²) in [5.74, 6) is -0.546. The molecule has 0 spiro atoms. The molecule has 0 atom stereocenters. The first-order valence-electron chi connectivity index (χ1n) is 4.11. The number of phenolic OH excluding ortho intramolecular Hbond substituents is 3. The maximum Gasteiger partial charge on any atom is 0.165 e. The van der Waals surface area contributed by atoms with Gasteiger partial charge in [0.05, 0.1) is 0 Å². The normalized spacial score (nSPS) is 9.33. The number of fused-ring (bicyclic) bond motifs is 1. The number of carbonyl (C=O) groups excluding carboxylic acids is 1. The number of aromatic hydroxyl groups is 3. The molecule has 2 aromatic carbocycles. The van der Waals surface area contributed by atoms with E-state index in [4.69, 9.17) is 4.79 Å². The molecule has 4 nitrogen and oxygen atoms in total. The zero-order valence-electron chi connectivity index (χ0n) is 7.84. The Morgan fingerprint density at radius 2 is 1.40 bits per heavy atom. The van der Waals surface area contributed by atoms with Crippen molar-refractivity contribution in [3.8, 4) is 17.2 Å². The van der Waals surface area contributed by atoms with Crippen LogP contribution < -0.4 is 0 Å². The zero-order chi connectivity index (χ0) is 11.4. The first-order chi connectivity index (χ1) is 7.20. The van der Waals surface area contributed by atoms with Crippen LogP contribution in [-0.4, -0.2) is 22.1 Å². The van der Waals surface area contributed by atoms with E-state index >= 15 is 0 Å². The molecule has 0 unspecified atom stereocenters. The quantitative estimate of drug-likeness (QED) is 0.453. The largest absolute Gasteiger partial charge is 0.507 e. The van der Waals surface area contributed by atoms with Gasteiger partial charge in [0.25, 0.3) is 0 Å². The molecule has 0 bridgehead atoms. The van der Waals surface area contributed by atoms with Gasteiger partial charge in [0.1, 0.15) is 12.5 Å². The second kappa shape index (κ2) is 4.32. The summed E-state index contributed by atoms with van der Waals surface area (Å²) in [6.07, 6.45) is 0. The zero-order valence-corrected chi connectivity index (χ0v) is 7.84. The van der Waals surface area contributed by atoms with Crippen molar-refractivity contribution in [1.29, 1.82) is 0 Å². The highest BCUT2D eigenvalue weighted by molar-refractivity contribution is 5.94. The summed E-state index contributed by atoms with van der Waals surface area (Å²) in [5.41, 5.74) is 0. The summed E-state index contributed by atoms with van der Waals surface area (Å²) >= 11 is 0. The van der Waals surface area contributed by atoms with Crippen molar-refractivity contribution in [3.05, 3.63) is 30.3 Å². The van der Waals surface area contributed by atoms with E-state index in [1.807, 2.05) is 6.79 Å². The average molecular weight is 206 g/mol. The number of phenols is 3. The van der Waals surface area contributed by atoms with Crippen LogP contribution in [0.5, 0.6) is 17.2 Å². The van der Waals surface area contributed by atoms with E-state index in [2.05, 4.69) is 0 Å². The molecular weight excluding hydrogens is 196 g/mol. The maximum atomic E-state index is 9.42. The van der Waals surface area contributed by atoms with Crippen molar-refractivity contribution in [2.45, 2.75) is 0 Å². The molecule has 0 radical (unpaired) electrons. The molecular formula is C11H10O4. The Bertz CT molecular complexity index is 479. The Morgan fingerprint density at radius 1 is 0.867 bits per heavy atom. The van der Waals surface area contributed by atoms with Crippen molar-refractivity contribution < 1.29 is 20.1 Å². The molecule has 15 heavy (non-hydrogen) atoms. The Labute approximate surface area is 86.0 Å². The van der Waals surface area contributed by atoms with Gasteiger partial charge in [-0.2, -0.15) is 0 Å². The van der Waals surface area contributed by atoms with Crippen LogP contribution in [-0.2, 0) is 4.79 Å². The molecule has 0 aliphatic carbocycles. The lowest BCUT2D eigenvalue weighted by molar-refractivity contribution is -0.0979. The van der Waals surface area contributed by atoms with Gasteiger partial charge in [-0.15, -0.1) is 0 Å². The summed E-state index contributed by atoms with van der Waals surface area (Å²) in [4.78, 5) is 8.00. The van der Waals surface area contributed by atoms with Gasteiger partial charge >= 0.3 is 0 Å². The number of hydrogen-bond acceptors (Lipinski definition) is 4. The first kappa shape index (κ1) is 10.8. The fourth-order valence-electron chi connectivity index (χ4n) is 1.33. The lowest BCUT2D eigenvalue weighted by Crippen LogP contribution is -1.76. The molecule has 2 rings (SSSR count). The van der Waals surface area contributed by atoms with Crippen LogP contribution in [0.4, 0.5) is 0 Å². The summed E-state index contributed by atoms with van der Waals surface area (Å²) in [6, 6.07) is 7.89. The summed E-state index contributed by atoms with van der Waals surface area (Å²) in [5, 5.41) is 29.0. The Kier molecular flexibility index (Phi) is 3.13. The Morgan fingerprint density at radius 3 is 2.00 bits per heavy atom. The summed E-state index contributed by atoms with van der Waals surface area (Å²) in [7, 11) is 0.